The van der Waals surface area contributed by atoms with Gasteiger partial charge in [-0.15, -0.1) is 11.3 Å². The molecular formula is C19H27N3OS. The fourth-order valence-electron chi connectivity index (χ4n) is 3.18. The Kier molecular flexibility index (Phi) is 6.37. The Labute approximate surface area is 148 Å². The summed E-state index contributed by atoms with van der Waals surface area (Å²) in [4.78, 5) is 7.10. The number of nitrogens with one attached hydrogen (secondary N) is 1. The van der Waals surface area contributed by atoms with E-state index in [1.165, 1.54) is 24.0 Å². The number of benzene rings is 1. The number of aromatic nitrogens is 1. The van der Waals surface area contributed by atoms with E-state index >= 15 is 0 Å². The van der Waals surface area contributed by atoms with Gasteiger partial charge in [-0.25, -0.2) is 4.98 Å². The van der Waals surface area contributed by atoms with Gasteiger partial charge < -0.3 is 15.3 Å². The number of aliphatic hydroxyl groups excluding tert-OH is 1. The number of rotatable bonds is 7. The van der Waals surface area contributed by atoms with Crippen LogP contribution in [0.15, 0.2) is 29.6 Å². The minimum absolute atomic E-state index is 0.274. The van der Waals surface area contributed by atoms with E-state index in [1.807, 2.05) is 0 Å². The zero-order valence-corrected chi connectivity index (χ0v) is 15.2. The Morgan fingerprint density at radius 1 is 1.25 bits per heavy atom. The van der Waals surface area contributed by atoms with E-state index in [0.29, 0.717) is 0 Å². The second-order valence-electron chi connectivity index (χ2n) is 6.65. The molecule has 24 heavy (non-hydrogen) atoms. The molecule has 5 heteroatoms. The number of thiazole rings is 1. The fourth-order valence-corrected chi connectivity index (χ4v) is 4.00. The van der Waals surface area contributed by atoms with Crippen molar-refractivity contribution in [3.05, 3.63) is 40.9 Å². The van der Waals surface area contributed by atoms with Crippen molar-refractivity contribution < 1.29 is 5.11 Å². The fraction of sp³-hybridized carbons (Fsp3) is 0.526. The van der Waals surface area contributed by atoms with Gasteiger partial charge in [0.2, 0.25) is 0 Å². The third-order valence-electron chi connectivity index (χ3n) is 4.71. The van der Waals surface area contributed by atoms with Crippen molar-refractivity contribution in [3.8, 4) is 10.6 Å². The lowest BCUT2D eigenvalue weighted by Gasteiger charge is -2.31. The van der Waals surface area contributed by atoms with E-state index < -0.39 is 0 Å². The second kappa shape index (κ2) is 8.72. The summed E-state index contributed by atoms with van der Waals surface area (Å²) < 4.78 is 0. The van der Waals surface area contributed by atoms with Gasteiger partial charge in [-0.05, 0) is 45.3 Å². The zero-order chi connectivity index (χ0) is 16.8. The van der Waals surface area contributed by atoms with Gasteiger partial charge in [-0.2, -0.15) is 0 Å². The average Bonchev–Trinajstić information content (AvgIpc) is 3.06. The average molecular weight is 346 g/mol. The van der Waals surface area contributed by atoms with Crippen molar-refractivity contribution in [2.24, 2.45) is 5.92 Å². The van der Waals surface area contributed by atoms with E-state index in [4.69, 9.17) is 10.1 Å². The number of hydrogen-bond donors (Lipinski definition) is 2. The maximum absolute atomic E-state index is 8.99. The summed E-state index contributed by atoms with van der Waals surface area (Å²) in [7, 11) is 0. The van der Waals surface area contributed by atoms with E-state index in [1.54, 1.807) is 11.3 Å². The van der Waals surface area contributed by atoms with Crippen molar-refractivity contribution in [2.75, 3.05) is 32.8 Å². The van der Waals surface area contributed by atoms with Gasteiger partial charge in [0, 0.05) is 24.0 Å². The monoisotopic (exact) mass is 345 g/mol. The van der Waals surface area contributed by atoms with Crippen molar-refractivity contribution in [3.63, 3.8) is 0 Å². The first-order chi connectivity index (χ1) is 11.7. The molecule has 1 aromatic carbocycles. The lowest BCUT2D eigenvalue weighted by molar-refractivity contribution is 0.146. The van der Waals surface area contributed by atoms with Crippen LogP contribution in [-0.2, 0) is 6.54 Å². The first-order valence-corrected chi connectivity index (χ1v) is 9.68. The molecule has 1 aromatic heterocycles. The highest BCUT2D eigenvalue weighted by Gasteiger charge is 2.18. The third-order valence-corrected chi connectivity index (χ3v) is 5.65. The highest BCUT2D eigenvalue weighted by atomic mass is 32.1. The van der Waals surface area contributed by atoms with Crippen LogP contribution < -0.4 is 5.32 Å². The molecule has 0 unspecified atom stereocenters. The Morgan fingerprint density at radius 2 is 2.00 bits per heavy atom. The minimum Gasteiger partial charge on any atom is -0.395 e. The standard InChI is InChI=1S/C19H27N3OS/c1-15-2-4-17(5-3-15)19-21-18(14-24-19)13-20-12-16-6-8-22(9-7-16)10-11-23/h2-5,14,16,20,23H,6-13H2,1H3. The molecule has 0 radical (unpaired) electrons. The van der Waals surface area contributed by atoms with Crippen LogP contribution in [0.4, 0.5) is 0 Å². The van der Waals surface area contributed by atoms with Gasteiger partial charge in [0.25, 0.3) is 0 Å². The van der Waals surface area contributed by atoms with Crippen LogP contribution in [0.5, 0.6) is 0 Å². The number of hydrogen-bond acceptors (Lipinski definition) is 5. The topological polar surface area (TPSA) is 48.4 Å². The molecule has 0 aliphatic carbocycles. The first kappa shape index (κ1) is 17.5. The predicted octanol–water partition coefficient (Wildman–Crippen LogP) is 2.91. The number of piperidine rings is 1. The van der Waals surface area contributed by atoms with Gasteiger partial charge >= 0.3 is 0 Å². The molecule has 1 saturated heterocycles. The summed E-state index contributed by atoms with van der Waals surface area (Å²) in [5.41, 5.74) is 3.61. The number of likely N-dealkylation sites (tertiary alicyclic amines) is 1. The van der Waals surface area contributed by atoms with Crippen LogP contribution in [0.1, 0.15) is 24.1 Å². The quantitative estimate of drug-likeness (QED) is 0.810. The Bertz CT molecular complexity index is 618. The van der Waals surface area contributed by atoms with Gasteiger partial charge in [-0.1, -0.05) is 29.8 Å². The van der Waals surface area contributed by atoms with Crippen molar-refractivity contribution in [1.29, 1.82) is 0 Å². The Hall–Kier alpha value is -1.27. The van der Waals surface area contributed by atoms with E-state index in [2.05, 4.69) is 46.8 Å². The summed E-state index contributed by atoms with van der Waals surface area (Å²) in [5.74, 6) is 0.746. The lowest BCUT2D eigenvalue weighted by Crippen LogP contribution is -2.38. The molecule has 2 heterocycles. The predicted molar refractivity (Wildman–Crippen MR) is 100 cm³/mol. The molecule has 0 spiro atoms. The normalized spacial score (nSPS) is 16.6. The lowest BCUT2D eigenvalue weighted by atomic mass is 9.97. The summed E-state index contributed by atoms with van der Waals surface area (Å²) in [5, 5.41) is 15.8. The summed E-state index contributed by atoms with van der Waals surface area (Å²) in [6.45, 7) is 7.33. The zero-order valence-electron chi connectivity index (χ0n) is 14.4. The molecule has 0 atom stereocenters. The smallest absolute Gasteiger partial charge is 0.123 e. The van der Waals surface area contributed by atoms with Crippen molar-refractivity contribution >= 4 is 11.3 Å². The van der Waals surface area contributed by atoms with Crippen molar-refractivity contribution in [1.82, 2.24) is 15.2 Å². The van der Waals surface area contributed by atoms with E-state index in [0.717, 1.165) is 49.3 Å². The van der Waals surface area contributed by atoms with Gasteiger partial charge in [0.15, 0.2) is 0 Å². The van der Waals surface area contributed by atoms with Gasteiger partial charge in [0.05, 0.1) is 12.3 Å². The highest BCUT2D eigenvalue weighted by molar-refractivity contribution is 7.13. The van der Waals surface area contributed by atoms with E-state index in [-0.39, 0.29) is 6.61 Å². The van der Waals surface area contributed by atoms with E-state index in [9.17, 15) is 0 Å². The van der Waals surface area contributed by atoms with Crippen LogP contribution in [0.25, 0.3) is 10.6 Å². The number of β-amino-alcohol motifs (C(OH)–C–C–N with tert-alkyl or cyclic N) is 1. The number of aryl methyl sites for hydroxylation is 1. The third kappa shape index (κ3) is 4.86. The number of nitrogens with zero attached hydrogens (tertiary/aromatic N) is 2. The maximum Gasteiger partial charge on any atom is 0.123 e. The highest BCUT2D eigenvalue weighted by Crippen LogP contribution is 2.24. The molecule has 0 bridgehead atoms. The molecule has 130 valence electrons. The largest absolute Gasteiger partial charge is 0.395 e. The molecular weight excluding hydrogens is 318 g/mol. The van der Waals surface area contributed by atoms with Crippen molar-refractivity contribution in [2.45, 2.75) is 26.3 Å². The van der Waals surface area contributed by atoms with Crippen LogP contribution in [0, 0.1) is 12.8 Å². The first-order valence-electron chi connectivity index (χ1n) is 8.80. The molecule has 1 fully saturated rings. The molecule has 0 amide bonds. The summed E-state index contributed by atoms with van der Waals surface area (Å²) in [6, 6.07) is 8.56. The molecule has 1 aliphatic rings. The summed E-state index contributed by atoms with van der Waals surface area (Å²) in [6.07, 6.45) is 2.44. The molecule has 0 saturated carbocycles. The van der Waals surface area contributed by atoms with Crippen LogP contribution in [-0.4, -0.2) is 47.8 Å². The SMILES string of the molecule is Cc1ccc(-c2nc(CNCC3CCN(CCO)CC3)cs2)cc1. The summed E-state index contributed by atoms with van der Waals surface area (Å²) >= 11 is 1.72. The van der Waals surface area contributed by atoms with Gasteiger partial charge in [-0.3, -0.25) is 0 Å². The molecule has 2 N–H and O–H groups in total. The van der Waals surface area contributed by atoms with Gasteiger partial charge in [0.1, 0.15) is 5.01 Å². The second-order valence-corrected chi connectivity index (χ2v) is 7.51. The Morgan fingerprint density at radius 3 is 2.71 bits per heavy atom. The minimum atomic E-state index is 0.274. The molecule has 3 rings (SSSR count). The molecule has 2 aromatic rings. The van der Waals surface area contributed by atoms with Crippen LogP contribution in [0.2, 0.25) is 0 Å². The van der Waals surface area contributed by atoms with Crippen LogP contribution in [0.3, 0.4) is 0 Å². The molecule has 1 aliphatic heterocycles. The number of aliphatic hydroxyl groups is 1. The Balaban J connectivity index is 1.42. The van der Waals surface area contributed by atoms with Crippen LogP contribution >= 0.6 is 11.3 Å². The maximum atomic E-state index is 8.99. The molecule has 4 nitrogen and oxygen atoms in total.